The molecular weight excluding hydrogens is 281 g/mol. The number of halogens is 2. The van der Waals surface area contributed by atoms with Crippen molar-refractivity contribution in [3.8, 4) is 0 Å². The summed E-state index contributed by atoms with van der Waals surface area (Å²) in [6.07, 6.45) is 0.870. The second-order valence-corrected chi connectivity index (χ2v) is 6.93. The molecule has 1 aromatic rings. The van der Waals surface area contributed by atoms with E-state index in [2.05, 4.69) is 0 Å². The molecule has 4 nitrogen and oxygen atoms in total. The lowest BCUT2D eigenvalue weighted by Gasteiger charge is -2.47. The van der Waals surface area contributed by atoms with E-state index in [0.717, 1.165) is 0 Å². The SMILES string of the molecule is O=C1CC2(CCc3c(F)cccc32)N1S(=O)(=O)Cl. The van der Waals surface area contributed by atoms with Gasteiger partial charge < -0.3 is 0 Å². The zero-order valence-electron chi connectivity index (χ0n) is 9.19. The molecule has 1 aromatic carbocycles. The Labute approximate surface area is 108 Å². The Bertz CT molecular complexity index is 660. The number of amides is 1. The first-order valence-corrected chi connectivity index (χ1v) is 7.69. The van der Waals surface area contributed by atoms with Crippen LogP contribution in [0.15, 0.2) is 18.2 Å². The summed E-state index contributed by atoms with van der Waals surface area (Å²) in [5.41, 5.74) is 0.0800. The monoisotopic (exact) mass is 289 g/mol. The maximum absolute atomic E-state index is 13.6. The zero-order valence-corrected chi connectivity index (χ0v) is 10.8. The van der Waals surface area contributed by atoms with E-state index in [0.29, 0.717) is 28.3 Å². The molecule has 18 heavy (non-hydrogen) atoms. The predicted octanol–water partition coefficient (Wildman–Crippen LogP) is 1.68. The van der Waals surface area contributed by atoms with Gasteiger partial charge >= 0.3 is 9.24 Å². The van der Waals surface area contributed by atoms with Crippen LogP contribution in [0.5, 0.6) is 0 Å². The molecule has 7 heteroatoms. The smallest absolute Gasteiger partial charge is 0.274 e. The Morgan fingerprint density at radius 2 is 2.11 bits per heavy atom. The van der Waals surface area contributed by atoms with E-state index < -0.39 is 20.7 Å². The first-order valence-electron chi connectivity index (χ1n) is 5.42. The first kappa shape index (κ1) is 11.9. The molecule has 3 rings (SSSR count). The highest BCUT2D eigenvalue weighted by atomic mass is 35.7. The predicted molar refractivity (Wildman–Crippen MR) is 62.6 cm³/mol. The van der Waals surface area contributed by atoms with E-state index >= 15 is 0 Å². The van der Waals surface area contributed by atoms with Crippen LogP contribution in [0.3, 0.4) is 0 Å². The number of fused-ring (bicyclic) bond motifs is 2. The minimum Gasteiger partial charge on any atom is -0.274 e. The molecule has 1 aliphatic carbocycles. The summed E-state index contributed by atoms with van der Waals surface area (Å²) in [6.45, 7) is 0. The summed E-state index contributed by atoms with van der Waals surface area (Å²) in [6, 6.07) is 4.51. The highest BCUT2D eigenvalue weighted by molar-refractivity contribution is 8.12. The van der Waals surface area contributed by atoms with Crippen LogP contribution in [0.4, 0.5) is 4.39 Å². The Morgan fingerprint density at radius 3 is 2.72 bits per heavy atom. The standard InChI is InChI=1S/C11H9ClFNO3S/c12-18(16,17)14-10(15)6-11(14)5-4-7-8(11)2-1-3-9(7)13/h1-3H,4-6H2. The molecule has 0 N–H and O–H groups in total. The molecule has 1 atom stereocenters. The van der Waals surface area contributed by atoms with Gasteiger partial charge in [-0.2, -0.15) is 8.42 Å². The molecule has 0 saturated carbocycles. The Balaban J connectivity index is 2.17. The van der Waals surface area contributed by atoms with Crippen molar-refractivity contribution in [3.63, 3.8) is 0 Å². The van der Waals surface area contributed by atoms with E-state index in [1.807, 2.05) is 0 Å². The Kier molecular flexibility index (Phi) is 2.29. The van der Waals surface area contributed by atoms with Crippen molar-refractivity contribution in [2.45, 2.75) is 24.8 Å². The van der Waals surface area contributed by atoms with Crippen LogP contribution in [-0.4, -0.2) is 18.6 Å². The van der Waals surface area contributed by atoms with Crippen molar-refractivity contribution in [1.82, 2.24) is 4.31 Å². The number of hydrogen-bond donors (Lipinski definition) is 0. The highest BCUT2D eigenvalue weighted by Crippen LogP contribution is 2.53. The summed E-state index contributed by atoms with van der Waals surface area (Å²) in [7, 11) is 1.16. The quantitative estimate of drug-likeness (QED) is 0.584. The number of benzene rings is 1. The third-order valence-electron chi connectivity index (χ3n) is 3.69. The molecule has 1 spiro atoms. The van der Waals surface area contributed by atoms with E-state index in [1.165, 1.54) is 12.1 Å². The molecule has 0 aromatic heterocycles. The van der Waals surface area contributed by atoms with E-state index in [-0.39, 0.29) is 12.2 Å². The minimum atomic E-state index is -4.13. The lowest BCUT2D eigenvalue weighted by molar-refractivity contribution is -0.145. The van der Waals surface area contributed by atoms with Crippen molar-refractivity contribution in [2.24, 2.45) is 0 Å². The number of rotatable bonds is 1. The minimum absolute atomic E-state index is 0.0649. The van der Waals surface area contributed by atoms with Crippen molar-refractivity contribution >= 4 is 25.8 Å². The van der Waals surface area contributed by atoms with Gasteiger partial charge in [-0.15, -0.1) is 0 Å². The van der Waals surface area contributed by atoms with Gasteiger partial charge in [-0.05, 0) is 30.0 Å². The molecule has 1 unspecified atom stereocenters. The Morgan fingerprint density at radius 1 is 1.39 bits per heavy atom. The molecule has 1 saturated heterocycles. The second kappa shape index (κ2) is 3.45. The molecule has 1 heterocycles. The Hall–Kier alpha value is -1.14. The molecule has 1 amide bonds. The number of hydrogen-bond acceptors (Lipinski definition) is 3. The van der Waals surface area contributed by atoms with Gasteiger partial charge in [0.2, 0.25) is 5.91 Å². The second-order valence-electron chi connectivity index (χ2n) is 4.57. The third kappa shape index (κ3) is 1.36. The molecule has 0 bridgehead atoms. The summed E-state index contributed by atoms with van der Waals surface area (Å²) in [5.74, 6) is -0.905. The van der Waals surface area contributed by atoms with E-state index in [4.69, 9.17) is 10.7 Å². The van der Waals surface area contributed by atoms with Crippen molar-refractivity contribution < 1.29 is 17.6 Å². The van der Waals surface area contributed by atoms with Crippen molar-refractivity contribution in [2.75, 3.05) is 0 Å². The van der Waals surface area contributed by atoms with Crippen LogP contribution in [0.2, 0.25) is 0 Å². The lowest BCUT2D eigenvalue weighted by Crippen LogP contribution is -2.61. The molecule has 0 radical (unpaired) electrons. The van der Waals surface area contributed by atoms with E-state index in [9.17, 15) is 17.6 Å². The summed E-state index contributed by atoms with van der Waals surface area (Å²) in [4.78, 5) is 11.5. The van der Waals surface area contributed by atoms with Crippen LogP contribution < -0.4 is 0 Å². The van der Waals surface area contributed by atoms with Gasteiger partial charge in [-0.1, -0.05) is 12.1 Å². The fourth-order valence-electron chi connectivity index (χ4n) is 2.98. The van der Waals surface area contributed by atoms with Gasteiger partial charge in [0.15, 0.2) is 0 Å². The normalized spacial score (nSPS) is 26.3. The third-order valence-corrected chi connectivity index (χ3v) is 5.09. The van der Waals surface area contributed by atoms with Crippen LogP contribution in [0.1, 0.15) is 24.0 Å². The molecular formula is C11H9ClFNO3S. The van der Waals surface area contributed by atoms with Crippen LogP contribution in [0, 0.1) is 5.82 Å². The molecule has 96 valence electrons. The summed E-state index contributed by atoms with van der Waals surface area (Å²) < 4.78 is 37.2. The topological polar surface area (TPSA) is 54.5 Å². The average Bonchev–Trinajstić information content (AvgIpc) is 2.58. The zero-order chi connectivity index (χ0) is 13.1. The fraction of sp³-hybridized carbons (Fsp3) is 0.364. The number of carbonyl (C=O) groups is 1. The summed E-state index contributed by atoms with van der Waals surface area (Å²) >= 11 is 0. The van der Waals surface area contributed by atoms with Gasteiger partial charge in [0.25, 0.3) is 0 Å². The largest absolute Gasteiger partial charge is 0.324 e. The maximum Gasteiger partial charge on any atom is 0.324 e. The van der Waals surface area contributed by atoms with Crippen molar-refractivity contribution in [3.05, 3.63) is 35.1 Å². The fourth-order valence-corrected chi connectivity index (χ4v) is 4.59. The van der Waals surface area contributed by atoms with Gasteiger partial charge in [-0.25, -0.2) is 8.70 Å². The highest BCUT2D eigenvalue weighted by Gasteiger charge is 2.60. The molecule has 1 aliphatic heterocycles. The van der Waals surface area contributed by atoms with Crippen LogP contribution in [0.25, 0.3) is 0 Å². The van der Waals surface area contributed by atoms with Crippen LogP contribution >= 0.6 is 10.7 Å². The van der Waals surface area contributed by atoms with Crippen molar-refractivity contribution in [1.29, 1.82) is 0 Å². The molecule has 1 fully saturated rings. The first-order chi connectivity index (χ1) is 8.36. The van der Waals surface area contributed by atoms with Gasteiger partial charge in [0, 0.05) is 10.7 Å². The average molecular weight is 290 g/mol. The number of β-lactam (4-membered cyclic amide) rings is 1. The lowest BCUT2D eigenvalue weighted by atomic mass is 9.81. The molecule has 2 aliphatic rings. The summed E-state index contributed by atoms with van der Waals surface area (Å²) in [5, 5.41) is 0. The number of nitrogens with zero attached hydrogens (tertiary/aromatic N) is 1. The van der Waals surface area contributed by atoms with Gasteiger partial charge in [-0.3, -0.25) is 4.79 Å². The van der Waals surface area contributed by atoms with Gasteiger partial charge in [0.1, 0.15) is 5.82 Å². The van der Waals surface area contributed by atoms with Crippen LogP contribution in [-0.2, 0) is 26.0 Å². The maximum atomic E-state index is 13.6. The van der Waals surface area contributed by atoms with Gasteiger partial charge in [0.05, 0.1) is 12.0 Å². The van der Waals surface area contributed by atoms with E-state index in [1.54, 1.807) is 6.07 Å². The number of carbonyl (C=O) groups excluding carboxylic acids is 1.